The normalized spacial score (nSPS) is 11.9. The minimum atomic E-state index is -1.26. The number of hydrogen-bond acceptors (Lipinski definition) is 8. The van der Waals surface area contributed by atoms with E-state index in [-0.39, 0.29) is 11.4 Å². The van der Waals surface area contributed by atoms with Gasteiger partial charge in [-0.25, -0.2) is 9.13 Å². The van der Waals surface area contributed by atoms with E-state index in [4.69, 9.17) is 0 Å². The first kappa shape index (κ1) is 26.8. The summed E-state index contributed by atoms with van der Waals surface area (Å²) >= 11 is 0. The lowest BCUT2D eigenvalue weighted by Gasteiger charge is -2.21. The van der Waals surface area contributed by atoms with E-state index in [1.807, 2.05) is 13.8 Å². The van der Waals surface area contributed by atoms with Crippen LogP contribution in [0, 0.1) is 41.5 Å². The van der Waals surface area contributed by atoms with E-state index in [1.54, 1.807) is 52.0 Å². The number of aromatic nitrogens is 2. The van der Waals surface area contributed by atoms with Gasteiger partial charge in [-0.3, -0.25) is 19.2 Å². The van der Waals surface area contributed by atoms with E-state index >= 15 is 0 Å². The lowest BCUT2D eigenvalue weighted by molar-refractivity contribution is 0.410. The highest BCUT2D eigenvalue weighted by Crippen LogP contribution is 2.46. The third-order valence-electron chi connectivity index (χ3n) is 8.03. The Balaban J connectivity index is 1.96. The van der Waals surface area contributed by atoms with Crippen LogP contribution in [0.4, 0.5) is 0 Å². The Labute approximate surface area is 236 Å². The number of rotatable bonds is 2. The number of nitrogens with zero attached hydrogens (tertiary/aromatic N) is 2. The Morgan fingerprint density at radius 3 is 1.02 bits per heavy atom. The van der Waals surface area contributed by atoms with Crippen molar-refractivity contribution in [1.29, 1.82) is 0 Å². The molecule has 10 nitrogen and oxygen atoms in total. The lowest BCUT2D eigenvalue weighted by atomic mass is 9.93. The van der Waals surface area contributed by atoms with Crippen LogP contribution < -0.4 is 22.0 Å². The Hall–Kier alpha value is -5.38. The van der Waals surface area contributed by atoms with Crippen molar-refractivity contribution in [3.05, 3.63) is 98.8 Å². The van der Waals surface area contributed by atoms with Gasteiger partial charge in [0.05, 0.1) is 32.9 Å². The first-order valence-electron chi connectivity index (χ1n) is 13.1. The zero-order chi connectivity index (χ0) is 30.7. The van der Waals surface area contributed by atoms with Crippen LogP contribution in [0.15, 0.2) is 43.4 Å². The van der Waals surface area contributed by atoms with Gasteiger partial charge in [-0.1, -0.05) is 35.4 Å². The van der Waals surface area contributed by atoms with Gasteiger partial charge in [0.25, 0.3) is 11.1 Å². The molecule has 212 valence electrons. The Morgan fingerprint density at radius 1 is 0.452 bits per heavy atom. The largest absolute Gasteiger partial charge is 0.504 e. The van der Waals surface area contributed by atoms with Crippen LogP contribution in [0.1, 0.15) is 33.4 Å². The van der Waals surface area contributed by atoms with Crippen molar-refractivity contribution < 1.29 is 20.4 Å². The molecule has 10 heteroatoms. The van der Waals surface area contributed by atoms with Crippen LogP contribution in [-0.4, -0.2) is 29.6 Å². The summed E-state index contributed by atoms with van der Waals surface area (Å²) < 4.78 is 1.62. The van der Waals surface area contributed by atoms with E-state index in [0.29, 0.717) is 22.3 Å². The summed E-state index contributed by atoms with van der Waals surface area (Å²) in [5, 5.41) is 42.1. The van der Waals surface area contributed by atoms with Crippen LogP contribution in [0.5, 0.6) is 23.3 Å². The topological polar surface area (TPSA) is 159 Å². The highest BCUT2D eigenvalue weighted by Gasteiger charge is 2.33. The summed E-state index contributed by atoms with van der Waals surface area (Å²) in [6.07, 6.45) is 0. The van der Waals surface area contributed by atoms with Gasteiger partial charge in [-0.2, -0.15) is 0 Å². The van der Waals surface area contributed by atoms with Crippen molar-refractivity contribution in [1.82, 2.24) is 9.13 Å². The summed E-state index contributed by atoms with van der Waals surface area (Å²) in [7, 11) is 0. The summed E-state index contributed by atoms with van der Waals surface area (Å²) in [5.74, 6) is -3.74. The van der Waals surface area contributed by atoms with Crippen LogP contribution in [-0.2, 0) is 0 Å². The fourth-order valence-corrected chi connectivity index (χ4v) is 6.63. The molecule has 0 aliphatic heterocycles. The Bertz CT molecular complexity index is 2220. The van der Waals surface area contributed by atoms with Gasteiger partial charge in [0, 0.05) is 10.8 Å². The molecule has 0 atom stereocenters. The molecule has 4 N–H and O–H groups in total. The molecule has 0 bridgehead atoms. The number of aryl methyl sites for hydroxylation is 6. The maximum Gasteiger partial charge on any atom is 0.269 e. The zero-order valence-electron chi connectivity index (χ0n) is 23.6. The summed E-state index contributed by atoms with van der Waals surface area (Å²) in [4.78, 5) is 55.4. The minimum absolute atomic E-state index is 0.217. The Kier molecular flexibility index (Phi) is 5.47. The fourth-order valence-electron chi connectivity index (χ4n) is 6.63. The molecule has 0 saturated carbocycles. The third kappa shape index (κ3) is 3.20. The predicted octanol–water partition coefficient (Wildman–Crippen LogP) is 3.72. The molecule has 0 aliphatic rings. The van der Waals surface area contributed by atoms with Crippen LogP contribution in [0.25, 0.3) is 43.7 Å². The summed E-state index contributed by atoms with van der Waals surface area (Å²) in [5.41, 5.74) is -0.118. The van der Waals surface area contributed by atoms with E-state index in [9.17, 15) is 39.6 Å². The summed E-state index contributed by atoms with van der Waals surface area (Å²) in [6, 6.07) is 7.01. The molecule has 4 aromatic carbocycles. The van der Waals surface area contributed by atoms with E-state index < -0.39 is 77.6 Å². The highest BCUT2D eigenvalue weighted by molar-refractivity contribution is 6.27. The van der Waals surface area contributed by atoms with E-state index in [1.165, 1.54) is 0 Å². The summed E-state index contributed by atoms with van der Waals surface area (Å²) in [6.45, 7) is 10.4. The smallest absolute Gasteiger partial charge is 0.269 e. The number of phenols is 2. The quantitative estimate of drug-likeness (QED) is 0.140. The average molecular weight is 567 g/mol. The molecule has 6 aromatic rings. The van der Waals surface area contributed by atoms with Crippen LogP contribution >= 0.6 is 0 Å². The minimum Gasteiger partial charge on any atom is -0.504 e. The molecule has 2 aromatic heterocycles. The van der Waals surface area contributed by atoms with Crippen molar-refractivity contribution in [2.45, 2.75) is 41.5 Å². The second kappa shape index (κ2) is 8.56. The van der Waals surface area contributed by atoms with Crippen molar-refractivity contribution in [2.24, 2.45) is 0 Å². The standard InChI is InChI=1S/C32H26N2O8/c1-11-7-13(3)23(14(4)8-11)33-29(39)19-17-18-21(27(37)25(19)35)31(41)34(24-15(5)9-12(2)10-16(24)6)32(42)22(18)28(38)26(36)20(17)30(33)40/h7-10,35,37,40,42H,1-6H3. The SMILES string of the molecule is Cc1cc(C)c(-n2c(O)c3c(=O)c(=O)c4c(O)n(-c5c(C)cc(C)cc5C)c(=O)c5c(O)c(O)c(c2=O)c3c45)c(C)c1. The zero-order valence-corrected chi connectivity index (χ0v) is 23.6. The van der Waals surface area contributed by atoms with Crippen LogP contribution in [0.2, 0.25) is 0 Å². The number of aromatic hydroxyl groups is 4. The molecule has 0 saturated heterocycles. The molecule has 0 aliphatic carbocycles. The molecule has 0 fully saturated rings. The molecule has 0 radical (unpaired) electrons. The Morgan fingerprint density at radius 2 is 0.738 bits per heavy atom. The first-order chi connectivity index (χ1) is 19.7. The molecule has 42 heavy (non-hydrogen) atoms. The third-order valence-corrected chi connectivity index (χ3v) is 8.03. The van der Waals surface area contributed by atoms with Gasteiger partial charge in [-0.05, 0) is 63.8 Å². The van der Waals surface area contributed by atoms with Gasteiger partial charge in [-0.15, -0.1) is 0 Å². The highest BCUT2D eigenvalue weighted by atomic mass is 16.3. The van der Waals surface area contributed by atoms with Crippen LogP contribution in [0.3, 0.4) is 0 Å². The first-order valence-corrected chi connectivity index (χ1v) is 13.1. The molecule has 0 amide bonds. The van der Waals surface area contributed by atoms with Crippen molar-refractivity contribution in [3.8, 4) is 34.6 Å². The molecule has 6 rings (SSSR count). The number of hydrogen-bond donors (Lipinski definition) is 4. The van der Waals surface area contributed by atoms with Crippen molar-refractivity contribution >= 4 is 32.3 Å². The number of pyridine rings is 2. The maximum atomic E-state index is 14.0. The van der Waals surface area contributed by atoms with E-state index in [0.717, 1.165) is 20.3 Å². The predicted molar refractivity (Wildman–Crippen MR) is 160 cm³/mol. The van der Waals surface area contributed by atoms with Crippen molar-refractivity contribution in [3.63, 3.8) is 0 Å². The average Bonchev–Trinajstić information content (AvgIpc) is 2.88. The fraction of sp³-hybridized carbons (Fsp3) is 0.188. The van der Waals surface area contributed by atoms with Crippen molar-refractivity contribution in [2.75, 3.05) is 0 Å². The molecular formula is C32H26N2O8. The maximum absolute atomic E-state index is 14.0. The molecule has 0 spiro atoms. The molecule has 0 unspecified atom stereocenters. The van der Waals surface area contributed by atoms with E-state index in [2.05, 4.69) is 0 Å². The van der Waals surface area contributed by atoms with Gasteiger partial charge < -0.3 is 20.4 Å². The number of phenolic OH excluding ortho intramolecular Hbond substituents is 2. The number of benzene rings is 4. The lowest BCUT2D eigenvalue weighted by Crippen LogP contribution is -2.31. The van der Waals surface area contributed by atoms with Gasteiger partial charge in [0.15, 0.2) is 11.5 Å². The van der Waals surface area contributed by atoms with Gasteiger partial charge in [0.2, 0.25) is 22.6 Å². The molecule has 2 heterocycles. The molecular weight excluding hydrogens is 540 g/mol. The monoisotopic (exact) mass is 566 g/mol. The van der Waals surface area contributed by atoms with Gasteiger partial charge in [0.1, 0.15) is 0 Å². The van der Waals surface area contributed by atoms with Gasteiger partial charge >= 0.3 is 0 Å². The second-order valence-corrected chi connectivity index (χ2v) is 11.0. The second-order valence-electron chi connectivity index (χ2n) is 11.0.